The van der Waals surface area contributed by atoms with Gasteiger partial charge in [-0.1, -0.05) is 41.9 Å². The number of hydrogen-bond donors (Lipinski definition) is 1. The summed E-state index contributed by atoms with van der Waals surface area (Å²) in [5.74, 6) is 0.656. The monoisotopic (exact) mass is 271 g/mol. The summed E-state index contributed by atoms with van der Waals surface area (Å²) in [6, 6.07) is 18.1. The normalized spacial score (nSPS) is 18.5. The van der Waals surface area contributed by atoms with Gasteiger partial charge in [0.05, 0.1) is 11.7 Å². The minimum atomic E-state index is 0.155. The van der Waals surface area contributed by atoms with Gasteiger partial charge in [0.2, 0.25) is 0 Å². The minimum absolute atomic E-state index is 0.155. The molecule has 96 valence electrons. The average molecular weight is 272 g/mol. The van der Waals surface area contributed by atoms with Crippen molar-refractivity contribution >= 4 is 23.1 Å². The van der Waals surface area contributed by atoms with Crippen LogP contribution in [0.5, 0.6) is 0 Å². The van der Waals surface area contributed by atoms with E-state index in [0.29, 0.717) is 5.84 Å². The van der Waals surface area contributed by atoms with Crippen LogP contribution in [0.2, 0.25) is 5.02 Å². The van der Waals surface area contributed by atoms with Gasteiger partial charge >= 0.3 is 0 Å². The summed E-state index contributed by atoms with van der Waals surface area (Å²) in [5, 5.41) is 7.11. The molecule has 0 radical (unpaired) electrons. The van der Waals surface area contributed by atoms with Crippen LogP contribution in [0, 0.1) is 0 Å². The summed E-state index contributed by atoms with van der Waals surface area (Å²) < 4.78 is 0. The van der Waals surface area contributed by atoms with E-state index in [1.165, 1.54) is 5.56 Å². The topological polar surface area (TPSA) is 41.6 Å². The fourth-order valence-electron chi connectivity index (χ4n) is 2.30. The molecule has 1 aliphatic rings. The van der Waals surface area contributed by atoms with E-state index in [-0.39, 0.29) is 6.04 Å². The van der Waals surface area contributed by atoms with Crippen LogP contribution in [0.25, 0.3) is 0 Å². The molecule has 1 aliphatic heterocycles. The number of nitrogens with two attached hydrogens (primary N) is 1. The predicted molar refractivity (Wildman–Crippen MR) is 79.4 cm³/mol. The quantitative estimate of drug-likeness (QED) is 0.907. The van der Waals surface area contributed by atoms with E-state index < -0.39 is 0 Å². The molecule has 0 spiro atoms. The first kappa shape index (κ1) is 12.1. The second-order valence-electron chi connectivity index (χ2n) is 4.54. The molecule has 1 heterocycles. The number of rotatable bonds is 2. The van der Waals surface area contributed by atoms with Crippen LogP contribution in [-0.4, -0.2) is 5.84 Å². The molecule has 0 saturated carbocycles. The highest BCUT2D eigenvalue weighted by Crippen LogP contribution is 2.34. The summed E-state index contributed by atoms with van der Waals surface area (Å²) in [6.45, 7) is 0. The van der Waals surface area contributed by atoms with E-state index in [4.69, 9.17) is 17.3 Å². The molecule has 1 atom stereocenters. The molecule has 2 aromatic rings. The molecular formula is C15H14ClN3. The Labute approximate surface area is 117 Å². The van der Waals surface area contributed by atoms with Crippen molar-refractivity contribution in [3.63, 3.8) is 0 Å². The van der Waals surface area contributed by atoms with E-state index in [2.05, 4.69) is 17.2 Å². The highest BCUT2D eigenvalue weighted by atomic mass is 35.5. The third kappa shape index (κ3) is 2.42. The Bertz CT molecular complexity index is 593. The molecule has 0 fully saturated rings. The lowest BCUT2D eigenvalue weighted by atomic mass is 10.0. The largest absolute Gasteiger partial charge is 0.386 e. The fourth-order valence-corrected chi connectivity index (χ4v) is 2.43. The Morgan fingerprint density at radius 3 is 2.42 bits per heavy atom. The van der Waals surface area contributed by atoms with Crippen molar-refractivity contribution in [3.8, 4) is 0 Å². The highest BCUT2D eigenvalue weighted by molar-refractivity contribution is 6.30. The summed E-state index contributed by atoms with van der Waals surface area (Å²) >= 11 is 5.92. The summed E-state index contributed by atoms with van der Waals surface area (Å²) in [7, 11) is 0. The summed E-state index contributed by atoms with van der Waals surface area (Å²) in [4.78, 5) is 0. The Hall–Kier alpha value is -2.00. The van der Waals surface area contributed by atoms with E-state index >= 15 is 0 Å². The predicted octanol–water partition coefficient (Wildman–Crippen LogP) is 3.56. The van der Waals surface area contributed by atoms with Crippen molar-refractivity contribution in [1.82, 2.24) is 0 Å². The molecule has 0 aromatic heterocycles. The minimum Gasteiger partial charge on any atom is -0.386 e. The van der Waals surface area contributed by atoms with Gasteiger partial charge in [0.25, 0.3) is 0 Å². The van der Waals surface area contributed by atoms with Crippen molar-refractivity contribution < 1.29 is 0 Å². The van der Waals surface area contributed by atoms with E-state index in [1.54, 1.807) is 0 Å². The van der Waals surface area contributed by atoms with Crippen molar-refractivity contribution in [1.29, 1.82) is 0 Å². The number of hydrazone groups is 1. The van der Waals surface area contributed by atoms with Gasteiger partial charge in [0.15, 0.2) is 0 Å². The Morgan fingerprint density at radius 1 is 1.05 bits per heavy atom. The summed E-state index contributed by atoms with van der Waals surface area (Å²) in [5.41, 5.74) is 8.11. The fraction of sp³-hybridized carbons (Fsp3) is 0.133. The van der Waals surface area contributed by atoms with Crippen molar-refractivity contribution in [2.75, 3.05) is 5.01 Å². The number of amidine groups is 1. The van der Waals surface area contributed by atoms with Gasteiger partial charge in [-0.3, -0.25) is 5.01 Å². The van der Waals surface area contributed by atoms with E-state index in [0.717, 1.165) is 17.1 Å². The van der Waals surface area contributed by atoms with Gasteiger partial charge in [-0.05, 0) is 29.8 Å². The van der Waals surface area contributed by atoms with Gasteiger partial charge in [-0.15, -0.1) is 0 Å². The molecule has 0 saturated heterocycles. The molecule has 0 aliphatic carbocycles. The molecule has 0 bridgehead atoms. The second-order valence-corrected chi connectivity index (χ2v) is 4.98. The molecule has 1 unspecified atom stereocenters. The van der Waals surface area contributed by atoms with Gasteiger partial charge in [0.1, 0.15) is 5.84 Å². The molecule has 3 nitrogen and oxygen atoms in total. The maximum absolute atomic E-state index is 5.92. The van der Waals surface area contributed by atoms with Gasteiger partial charge < -0.3 is 5.73 Å². The number of halogens is 1. The first-order valence-electron chi connectivity index (χ1n) is 6.17. The highest BCUT2D eigenvalue weighted by Gasteiger charge is 2.27. The molecule has 3 rings (SSSR count). The van der Waals surface area contributed by atoms with Crippen LogP contribution in [0.1, 0.15) is 18.0 Å². The zero-order valence-corrected chi connectivity index (χ0v) is 11.1. The van der Waals surface area contributed by atoms with Gasteiger partial charge in [-0.2, -0.15) is 5.10 Å². The first-order valence-corrected chi connectivity index (χ1v) is 6.54. The van der Waals surface area contributed by atoms with E-state index in [9.17, 15) is 0 Å². The zero-order chi connectivity index (χ0) is 13.2. The lowest BCUT2D eigenvalue weighted by molar-refractivity contribution is 0.708. The second kappa shape index (κ2) is 4.94. The molecule has 2 aromatic carbocycles. The number of hydrogen-bond acceptors (Lipinski definition) is 3. The van der Waals surface area contributed by atoms with E-state index in [1.807, 2.05) is 47.5 Å². The van der Waals surface area contributed by atoms with Crippen molar-refractivity contribution in [2.24, 2.45) is 10.8 Å². The van der Waals surface area contributed by atoms with Gasteiger partial charge in [0, 0.05) is 11.4 Å². The maximum atomic E-state index is 5.92. The van der Waals surface area contributed by atoms with Crippen LogP contribution < -0.4 is 10.7 Å². The van der Waals surface area contributed by atoms with Crippen molar-refractivity contribution in [3.05, 3.63) is 65.2 Å². The van der Waals surface area contributed by atoms with Crippen molar-refractivity contribution in [2.45, 2.75) is 12.5 Å². The number of anilines is 1. The molecular weight excluding hydrogens is 258 g/mol. The lowest BCUT2D eigenvalue weighted by Crippen LogP contribution is -2.18. The maximum Gasteiger partial charge on any atom is 0.122 e. The Kier molecular flexibility index (Phi) is 3.13. The first-order chi connectivity index (χ1) is 9.24. The third-order valence-corrected chi connectivity index (χ3v) is 3.46. The molecule has 19 heavy (non-hydrogen) atoms. The van der Waals surface area contributed by atoms with Crippen LogP contribution in [0.3, 0.4) is 0 Å². The lowest BCUT2D eigenvalue weighted by Gasteiger charge is -2.23. The molecule has 2 N–H and O–H groups in total. The molecule has 0 amide bonds. The SMILES string of the molecule is NC1=NN(c2ccc(Cl)cc2)C(c2ccccc2)C1. The third-order valence-electron chi connectivity index (χ3n) is 3.21. The Morgan fingerprint density at radius 2 is 1.74 bits per heavy atom. The van der Waals surface area contributed by atoms with Crippen LogP contribution in [0.4, 0.5) is 5.69 Å². The molecule has 4 heteroatoms. The average Bonchev–Trinajstić information content (AvgIpc) is 2.83. The number of benzene rings is 2. The Balaban J connectivity index is 1.96. The summed E-state index contributed by atoms with van der Waals surface area (Å²) in [6.07, 6.45) is 0.743. The van der Waals surface area contributed by atoms with Crippen LogP contribution in [-0.2, 0) is 0 Å². The smallest absolute Gasteiger partial charge is 0.122 e. The van der Waals surface area contributed by atoms with Crippen LogP contribution >= 0.6 is 11.6 Å². The van der Waals surface area contributed by atoms with Crippen LogP contribution in [0.15, 0.2) is 59.7 Å². The zero-order valence-electron chi connectivity index (χ0n) is 10.3. The standard InChI is InChI=1S/C15H14ClN3/c16-12-6-8-13(9-7-12)19-14(10-15(17)18-19)11-4-2-1-3-5-11/h1-9,14H,10H2,(H2,17,18). The number of nitrogens with zero attached hydrogens (tertiary/aromatic N) is 2. The van der Waals surface area contributed by atoms with Gasteiger partial charge in [-0.25, -0.2) is 0 Å².